The average Bonchev–Trinajstić information content (AvgIpc) is 3.16. The zero-order valence-electron chi connectivity index (χ0n) is 15.9. The fraction of sp³-hybridized carbons (Fsp3) is 0.333. The molecule has 152 valence electrons. The molecule has 7 nitrogen and oxygen atoms in total. The summed E-state index contributed by atoms with van der Waals surface area (Å²) in [7, 11) is 0. The van der Waals surface area contributed by atoms with E-state index in [4.69, 9.17) is 14.7 Å². The first-order chi connectivity index (χ1) is 14.2. The predicted molar refractivity (Wildman–Crippen MR) is 111 cm³/mol. The predicted octanol–water partition coefficient (Wildman–Crippen LogP) is 4.21. The van der Waals surface area contributed by atoms with Gasteiger partial charge < -0.3 is 14.4 Å². The van der Waals surface area contributed by atoms with Crippen molar-refractivity contribution in [1.82, 2.24) is 15.4 Å². The number of nitrogens with zero attached hydrogens (tertiary/aromatic N) is 2. The number of hydrogen-bond donors (Lipinski definition) is 2. The lowest BCUT2D eigenvalue weighted by Gasteiger charge is -2.31. The molecule has 8 heteroatoms. The number of likely N-dealkylation sites (tertiary alicyclic amines) is 1. The number of amides is 1. The number of aromatic nitrogens is 1. The molecule has 1 aliphatic heterocycles. The van der Waals surface area contributed by atoms with Gasteiger partial charge in [0, 0.05) is 19.6 Å². The molecule has 2 heterocycles. The van der Waals surface area contributed by atoms with Crippen molar-refractivity contribution in [3.8, 4) is 10.9 Å². The van der Waals surface area contributed by atoms with Crippen molar-refractivity contribution in [3.63, 3.8) is 0 Å². The molecular weight excluding hydrogens is 390 g/mol. The molecule has 0 spiro atoms. The second-order valence-corrected chi connectivity index (χ2v) is 7.99. The van der Waals surface area contributed by atoms with Crippen LogP contribution in [-0.4, -0.2) is 46.9 Å². The van der Waals surface area contributed by atoms with Gasteiger partial charge in [-0.2, -0.15) is 0 Å². The molecule has 1 amide bonds. The molecule has 2 N–H and O–H groups in total. The van der Waals surface area contributed by atoms with E-state index in [-0.39, 0.29) is 6.10 Å². The third kappa shape index (κ3) is 5.23. The summed E-state index contributed by atoms with van der Waals surface area (Å²) in [5, 5.41) is 9.17. The van der Waals surface area contributed by atoms with Gasteiger partial charge in [-0.05, 0) is 49.1 Å². The van der Waals surface area contributed by atoms with Crippen LogP contribution in [0.3, 0.4) is 0 Å². The molecule has 0 aliphatic carbocycles. The van der Waals surface area contributed by atoms with Crippen LogP contribution in [0.4, 0.5) is 4.79 Å². The number of benzene rings is 2. The van der Waals surface area contributed by atoms with Gasteiger partial charge in [-0.1, -0.05) is 35.6 Å². The molecule has 3 aromatic rings. The van der Waals surface area contributed by atoms with E-state index in [0.29, 0.717) is 5.19 Å². The Kier molecular flexibility index (Phi) is 6.24. The van der Waals surface area contributed by atoms with Crippen LogP contribution in [0.1, 0.15) is 18.4 Å². The lowest BCUT2D eigenvalue weighted by atomic mass is 10.1. The highest BCUT2D eigenvalue weighted by atomic mass is 32.1. The Labute approximate surface area is 172 Å². The molecule has 1 aromatic heterocycles. The van der Waals surface area contributed by atoms with Crippen LogP contribution in [0.25, 0.3) is 10.2 Å². The van der Waals surface area contributed by atoms with E-state index < -0.39 is 6.09 Å². The average molecular weight is 413 g/mol. The van der Waals surface area contributed by atoms with Crippen molar-refractivity contribution in [2.45, 2.75) is 25.4 Å². The number of carbonyl (C=O) groups excluding carboxylic acids is 1. The second kappa shape index (κ2) is 9.21. The fourth-order valence-electron chi connectivity index (χ4n) is 3.44. The summed E-state index contributed by atoms with van der Waals surface area (Å²) < 4.78 is 12.1. The number of para-hydroxylation sites is 1. The van der Waals surface area contributed by atoms with Crippen LogP contribution in [0.2, 0.25) is 0 Å². The molecule has 0 radical (unpaired) electrons. The molecular formula is C21H23N3O4S. The van der Waals surface area contributed by atoms with Gasteiger partial charge in [-0.25, -0.2) is 15.3 Å². The number of ether oxygens (including phenoxy) is 2. The number of fused-ring (bicyclic) bond motifs is 1. The highest BCUT2D eigenvalue weighted by Crippen LogP contribution is 2.31. The van der Waals surface area contributed by atoms with Crippen LogP contribution < -0.4 is 10.2 Å². The molecule has 29 heavy (non-hydrogen) atoms. The van der Waals surface area contributed by atoms with Crippen LogP contribution in [0.5, 0.6) is 10.9 Å². The maximum absolute atomic E-state index is 11.1. The third-order valence-corrected chi connectivity index (χ3v) is 5.93. The maximum atomic E-state index is 11.1. The Morgan fingerprint density at radius 2 is 1.93 bits per heavy atom. The first kappa shape index (κ1) is 19.6. The van der Waals surface area contributed by atoms with Gasteiger partial charge in [0.1, 0.15) is 11.9 Å². The molecule has 0 bridgehead atoms. The zero-order valence-corrected chi connectivity index (χ0v) is 16.7. The van der Waals surface area contributed by atoms with Crippen molar-refractivity contribution in [2.24, 2.45) is 0 Å². The van der Waals surface area contributed by atoms with E-state index in [2.05, 4.69) is 22.0 Å². The summed E-state index contributed by atoms with van der Waals surface area (Å²) in [4.78, 5) is 17.9. The largest absolute Gasteiger partial charge is 0.445 e. The molecule has 1 aliphatic rings. The molecule has 1 saturated heterocycles. The minimum Gasteiger partial charge on any atom is -0.445 e. The van der Waals surface area contributed by atoms with E-state index in [9.17, 15) is 4.79 Å². The normalized spacial score (nSPS) is 15.3. The molecule has 1 fully saturated rings. The lowest BCUT2D eigenvalue weighted by molar-refractivity contribution is 0.0267. The number of hydrogen-bond acceptors (Lipinski definition) is 7. The Hall–Kier alpha value is -2.68. The van der Waals surface area contributed by atoms with Gasteiger partial charge in [0.05, 0.1) is 10.2 Å². The van der Waals surface area contributed by atoms with E-state index in [1.165, 1.54) is 11.0 Å². The van der Waals surface area contributed by atoms with Crippen molar-refractivity contribution in [1.29, 1.82) is 0 Å². The molecule has 0 saturated carbocycles. The number of thiazole rings is 1. The van der Waals surface area contributed by atoms with E-state index in [1.807, 2.05) is 36.4 Å². The Morgan fingerprint density at radius 1 is 1.17 bits per heavy atom. The number of carbonyl (C=O) groups is 1. The van der Waals surface area contributed by atoms with Gasteiger partial charge in [0.15, 0.2) is 0 Å². The summed E-state index contributed by atoms with van der Waals surface area (Å²) >= 11 is 1.54. The van der Waals surface area contributed by atoms with Crippen molar-refractivity contribution in [2.75, 3.05) is 19.6 Å². The SMILES string of the molecule is O=C(NO)OC1CCN(CCc2ccc(Oc3nc4ccccc4s3)cc2)CC1. The fourth-order valence-corrected chi connectivity index (χ4v) is 4.27. The van der Waals surface area contributed by atoms with Gasteiger partial charge in [0.2, 0.25) is 0 Å². The van der Waals surface area contributed by atoms with Crippen molar-refractivity contribution < 1.29 is 19.5 Å². The molecule has 0 atom stereocenters. The van der Waals surface area contributed by atoms with Gasteiger partial charge in [-0.15, -0.1) is 0 Å². The van der Waals surface area contributed by atoms with Crippen LogP contribution in [0, 0.1) is 0 Å². The summed E-state index contributed by atoms with van der Waals surface area (Å²) in [5.41, 5.74) is 3.71. The zero-order chi connectivity index (χ0) is 20.1. The molecule has 0 unspecified atom stereocenters. The lowest BCUT2D eigenvalue weighted by Crippen LogP contribution is -2.40. The quantitative estimate of drug-likeness (QED) is 0.465. The smallest absolute Gasteiger partial charge is 0.431 e. The number of piperidine rings is 1. The molecule has 4 rings (SSSR count). The summed E-state index contributed by atoms with van der Waals surface area (Å²) in [6.07, 6.45) is 1.60. The first-order valence-corrected chi connectivity index (χ1v) is 10.5. The van der Waals surface area contributed by atoms with E-state index in [1.54, 1.807) is 11.3 Å². The topological polar surface area (TPSA) is 83.9 Å². The number of nitrogens with one attached hydrogen (secondary N) is 1. The second-order valence-electron chi connectivity index (χ2n) is 7.00. The van der Waals surface area contributed by atoms with Crippen LogP contribution >= 0.6 is 11.3 Å². The van der Waals surface area contributed by atoms with E-state index in [0.717, 1.165) is 54.9 Å². The Morgan fingerprint density at radius 3 is 2.66 bits per heavy atom. The summed E-state index contributed by atoms with van der Waals surface area (Å²) in [6.45, 7) is 2.71. The maximum Gasteiger partial charge on any atom is 0.431 e. The van der Waals surface area contributed by atoms with Crippen molar-refractivity contribution in [3.05, 3.63) is 54.1 Å². The van der Waals surface area contributed by atoms with Crippen molar-refractivity contribution >= 4 is 27.6 Å². The standard InChI is InChI=1S/C21H23N3O4S/c25-20(23-26)27-17-10-13-24(14-11-17)12-9-15-5-7-16(8-6-15)28-21-22-18-3-1-2-4-19(18)29-21/h1-8,17,26H,9-14H2,(H,23,25). The highest BCUT2D eigenvalue weighted by molar-refractivity contribution is 7.20. The van der Waals surface area contributed by atoms with Gasteiger partial charge >= 0.3 is 6.09 Å². The van der Waals surface area contributed by atoms with Crippen LogP contribution in [0.15, 0.2) is 48.5 Å². The van der Waals surface area contributed by atoms with E-state index >= 15 is 0 Å². The van der Waals surface area contributed by atoms with Gasteiger partial charge in [0.25, 0.3) is 5.19 Å². The number of hydroxylamine groups is 1. The highest BCUT2D eigenvalue weighted by Gasteiger charge is 2.21. The molecule has 2 aromatic carbocycles. The first-order valence-electron chi connectivity index (χ1n) is 9.65. The van der Waals surface area contributed by atoms with Gasteiger partial charge in [-0.3, -0.25) is 5.21 Å². The van der Waals surface area contributed by atoms with Crippen LogP contribution in [-0.2, 0) is 11.2 Å². The Balaban J connectivity index is 1.24. The summed E-state index contributed by atoms with van der Waals surface area (Å²) in [6, 6.07) is 16.1. The summed E-state index contributed by atoms with van der Waals surface area (Å²) in [5.74, 6) is 0.785. The minimum atomic E-state index is -0.781. The third-order valence-electron chi connectivity index (χ3n) is 5.02. The Bertz CT molecular complexity index is 919. The monoisotopic (exact) mass is 413 g/mol. The minimum absolute atomic E-state index is 0.127. The number of rotatable bonds is 6.